The molecule has 1 atom stereocenters. The summed E-state index contributed by atoms with van der Waals surface area (Å²) in [4.78, 5) is 0.296. The van der Waals surface area contributed by atoms with Crippen LogP contribution in [-0.4, -0.2) is 21.0 Å². The van der Waals surface area contributed by atoms with Gasteiger partial charge in [0.1, 0.15) is 0 Å². The third-order valence-electron chi connectivity index (χ3n) is 4.00. The molecule has 2 aromatic rings. The highest BCUT2D eigenvalue weighted by Gasteiger charge is 2.29. The Morgan fingerprint density at radius 1 is 1.04 bits per heavy atom. The maximum Gasteiger partial charge on any atom is 0.241 e. The Morgan fingerprint density at radius 3 is 2.30 bits per heavy atom. The van der Waals surface area contributed by atoms with Gasteiger partial charge in [0.05, 0.1) is 4.90 Å². The number of halogens is 1. The maximum absolute atomic E-state index is 12.6. The minimum absolute atomic E-state index is 0. The van der Waals surface area contributed by atoms with Crippen LogP contribution in [0.1, 0.15) is 12.8 Å². The van der Waals surface area contributed by atoms with Crippen molar-refractivity contribution in [3.8, 4) is 11.1 Å². The highest BCUT2D eigenvalue weighted by molar-refractivity contribution is 7.89. The van der Waals surface area contributed by atoms with Crippen LogP contribution in [-0.2, 0) is 10.0 Å². The standard InChI is InChI=1S/C17H20N2O2S.ClH/c18-16(14-10-11-14)12-19-22(20,21)17-9-5-4-8-15(17)13-6-2-1-3-7-13;/h1-9,14,16,19H,10-12,18H2;1H. The number of hydrogen-bond donors (Lipinski definition) is 2. The molecule has 124 valence electrons. The first-order valence-electron chi connectivity index (χ1n) is 7.47. The van der Waals surface area contributed by atoms with Gasteiger partial charge in [-0.3, -0.25) is 0 Å². The summed E-state index contributed by atoms with van der Waals surface area (Å²) in [6.45, 7) is 0.288. The zero-order valence-corrected chi connectivity index (χ0v) is 14.3. The Kier molecular flexibility index (Phi) is 5.81. The summed E-state index contributed by atoms with van der Waals surface area (Å²) in [5.41, 5.74) is 7.57. The fraction of sp³-hybridized carbons (Fsp3) is 0.294. The predicted molar refractivity (Wildman–Crippen MR) is 95.0 cm³/mol. The molecule has 6 heteroatoms. The molecule has 3 N–H and O–H groups in total. The molecule has 0 bridgehead atoms. The third-order valence-corrected chi connectivity index (χ3v) is 5.48. The maximum atomic E-state index is 12.6. The first-order chi connectivity index (χ1) is 10.6. The third kappa shape index (κ3) is 4.32. The lowest BCUT2D eigenvalue weighted by Crippen LogP contribution is -2.38. The van der Waals surface area contributed by atoms with Crippen molar-refractivity contribution in [3.05, 3.63) is 54.6 Å². The molecule has 1 fully saturated rings. The summed E-state index contributed by atoms with van der Waals surface area (Å²) >= 11 is 0. The van der Waals surface area contributed by atoms with Gasteiger partial charge in [-0.1, -0.05) is 48.5 Å². The molecular weight excluding hydrogens is 332 g/mol. The molecule has 1 unspecified atom stereocenters. The predicted octanol–water partition coefficient (Wildman–Crippen LogP) is 2.79. The largest absolute Gasteiger partial charge is 0.326 e. The first-order valence-corrected chi connectivity index (χ1v) is 8.96. The summed E-state index contributed by atoms with van der Waals surface area (Å²) in [7, 11) is -3.57. The highest BCUT2D eigenvalue weighted by Crippen LogP contribution is 2.31. The molecule has 1 aliphatic rings. The minimum Gasteiger partial charge on any atom is -0.326 e. The fourth-order valence-corrected chi connectivity index (χ4v) is 3.83. The number of nitrogens with one attached hydrogen (secondary N) is 1. The molecule has 2 aromatic carbocycles. The van der Waals surface area contributed by atoms with Crippen molar-refractivity contribution in [2.24, 2.45) is 11.7 Å². The van der Waals surface area contributed by atoms with Crippen molar-refractivity contribution in [1.29, 1.82) is 0 Å². The van der Waals surface area contributed by atoms with Gasteiger partial charge in [0, 0.05) is 18.2 Å². The molecule has 1 saturated carbocycles. The van der Waals surface area contributed by atoms with Crippen molar-refractivity contribution in [1.82, 2.24) is 4.72 Å². The molecule has 0 saturated heterocycles. The van der Waals surface area contributed by atoms with E-state index in [9.17, 15) is 8.42 Å². The van der Waals surface area contributed by atoms with Crippen LogP contribution < -0.4 is 10.5 Å². The number of rotatable bonds is 6. The van der Waals surface area contributed by atoms with Gasteiger partial charge in [-0.2, -0.15) is 0 Å². The summed E-state index contributed by atoms with van der Waals surface area (Å²) in [6, 6.07) is 16.5. The van der Waals surface area contributed by atoms with E-state index in [1.807, 2.05) is 42.5 Å². The number of sulfonamides is 1. The van der Waals surface area contributed by atoms with Gasteiger partial charge in [0.2, 0.25) is 10.0 Å². The van der Waals surface area contributed by atoms with Crippen molar-refractivity contribution in [3.63, 3.8) is 0 Å². The Hall–Kier alpha value is -1.40. The van der Waals surface area contributed by atoms with E-state index in [1.54, 1.807) is 12.1 Å². The Labute approximate surface area is 143 Å². The smallest absolute Gasteiger partial charge is 0.241 e. The van der Waals surface area contributed by atoms with E-state index < -0.39 is 10.0 Å². The summed E-state index contributed by atoms with van der Waals surface area (Å²) in [6.07, 6.45) is 2.20. The molecule has 0 spiro atoms. The quantitative estimate of drug-likeness (QED) is 0.839. The molecule has 0 aromatic heterocycles. The lowest BCUT2D eigenvalue weighted by Gasteiger charge is -2.14. The van der Waals surface area contributed by atoms with E-state index in [0.29, 0.717) is 16.4 Å². The van der Waals surface area contributed by atoms with Crippen LogP contribution in [0.3, 0.4) is 0 Å². The Balaban J connectivity index is 0.00000192. The average Bonchev–Trinajstić information content (AvgIpc) is 3.38. The average molecular weight is 353 g/mol. The molecule has 0 aliphatic heterocycles. The van der Waals surface area contributed by atoms with Gasteiger partial charge in [-0.15, -0.1) is 12.4 Å². The van der Waals surface area contributed by atoms with Crippen LogP contribution in [0.4, 0.5) is 0 Å². The van der Waals surface area contributed by atoms with Crippen molar-refractivity contribution in [2.75, 3.05) is 6.54 Å². The normalized spacial score (nSPS) is 15.7. The SMILES string of the molecule is Cl.NC(CNS(=O)(=O)c1ccccc1-c1ccccc1)C1CC1. The second kappa shape index (κ2) is 7.45. The van der Waals surface area contributed by atoms with E-state index in [-0.39, 0.29) is 25.0 Å². The molecule has 4 nitrogen and oxygen atoms in total. The summed E-state index contributed by atoms with van der Waals surface area (Å²) in [5, 5.41) is 0. The highest BCUT2D eigenvalue weighted by atomic mass is 35.5. The Bertz CT molecular complexity index is 746. The topological polar surface area (TPSA) is 72.2 Å². The van der Waals surface area contributed by atoms with E-state index in [4.69, 9.17) is 5.73 Å². The van der Waals surface area contributed by atoms with Crippen LogP contribution in [0, 0.1) is 5.92 Å². The van der Waals surface area contributed by atoms with Crippen LogP contribution in [0.2, 0.25) is 0 Å². The van der Waals surface area contributed by atoms with Crippen LogP contribution >= 0.6 is 12.4 Å². The van der Waals surface area contributed by atoms with Gasteiger partial charge in [-0.05, 0) is 30.4 Å². The fourth-order valence-electron chi connectivity index (χ4n) is 2.53. The lowest BCUT2D eigenvalue weighted by atomic mass is 10.1. The Morgan fingerprint density at radius 2 is 1.65 bits per heavy atom. The van der Waals surface area contributed by atoms with Gasteiger partial charge in [0.25, 0.3) is 0 Å². The molecule has 23 heavy (non-hydrogen) atoms. The van der Waals surface area contributed by atoms with Gasteiger partial charge in [-0.25, -0.2) is 13.1 Å². The summed E-state index contributed by atoms with van der Waals surface area (Å²) < 4.78 is 27.9. The minimum atomic E-state index is -3.57. The van der Waals surface area contributed by atoms with Crippen molar-refractivity contribution in [2.45, 2.75) is 23.8 Å². The van der Waals surface area contributed by atoms with Gasteiger partial charge < -0.3 is 5.73 Å². The van der Waals surface area contributed by atoms with Gasteiger partial charge in [0.15, 0.2) is 0 Å². The molecule has 3 rings (SSSR count). The lowest BCUT2D eigenvalue weighted by molar-refractivity contribution is 0.548. The summed E-state index contributed by atoms with van der Waals surface area (Å²) in [5.74, 6) is 0.465. The molecular formula is C17H21ClN2O2S. The van der Waals surface area contributed by atoms with Gasteiger partial charge >= 0.3 is 0 Å². The molecule has 0 heterocycles. The van der Waals surface area contributed by atoms with E-state index in [0.717, 1.165) is 18.4 Å². The molecule has 0 radical (unpaired) electrons. The van der Waals surface area contributed by atoms with E-state index in [1.165, 1.54) is 0 Å². The number of hydrogen-bond acceptors (Lipinski definition) is 3. The zero-order chi connectivity index (χ0) is 15.6. The molecule has 1 aliphatic carbocycles. The van der Waals surface area contributed by atoms with E-state index in [2.05, 4.69) is 4.72 Å². The van der Waals surface area contributed by atoms with Crippen molar-refractivity contribution < 1.29 is 8.42 Å². The monoisotopic (exact) mass is 352 g/mol. The van der Waals surface area contributed by atoms with Crippen LogP contribution in [0.15, 0.2) is 59.5 Å². The van der Waals surface area contributed by atoms with Crippen LogP contribution in [0.5, 0.6) is 0 Å². The second-order valence-corrected chi connectivity index (χ2v) is 7.45. The molecule has 0 amide bonds. The van der Waals surface area contributed by atoms with Crippen LogP contribution in [0.25, 0.3) is 11.1 Å². The van der Waals surface area contributed by atoms with Crippen molar-refractivity contribution >= 4 is 22.4 Å². The number of nitrogens with two attached hydrogens (primary N) is 1. The number of benzene rings is 2. The first kappa shape index (κ1) is 17.9. The second-order valence-electron chi connectivity index (χ2n) is 5.72. The van der Waals surface area contributed by atoms with E-state index >= 15 is 0 Å². The zero-order valence-electron chi connectivity index (χ0n) is 12.7.